The number of nitrogen functional groups attached to an aromatic ring is 1. The minimum atomic E-state index is 0.0729. The maximum atomic E-state index is 6.13. The minimum absolute atomic E-state index is 0.0729. The van der Waals surface area contributed by atoms with E-state index in [9.17, 15) is 0 Å². The summed E-state index contributed by atoms with van der Waals surface area (Å²) in [6, 6.07) is 13.3. The second kappa shape index (κ2) is 6.48. The summed E-state index contributed by atoms with van der Waals surface area (Å²) in [6.45, 7) is 4.02. The molecule has 1 aromatic heterocycles. The minimum Gasteiger partial charge on any atom is -0.496 e. The fraction of sp³-hybridized carbons (Fsp3) is 0.333. The van der Waals surface area contributed by atoms with Crippen LogP contribution in [0.2, 0.25) is 0 Å². The largest absolute Gasteiger partial charge is 0.496 e. The molecule has 3 aromatic rings. The number of hydrogen-bond acceptors (Lipinski definition) is 5. The Kier molecular flexibility index (Phi) is 4.15. The van der Waals surface area contributed by atoms with Crippen molar-refractivity contribution in [3.63, 3.8) is 0 Å². The summed E-state index contributed by atoms with van der Waals surface area (Å²) >= 11 is 0. The van der Waals surface area contributed by atoms with Gasteiger partial charge in [0.05, 0.1) is 18.7 Å². The number of nitrogens with zero attached hydrogens (tertiary/aromatic N) is 2. The highest BCUT2D eigenvalue weighted by atomic mass is 16.5. The Bertz CT molecular complexity index is 966. The van der Waals surface area contributed by atoms with Crippen molar-refractivity contribution in [1.29, 1.82) is 0 Å². The summed E-state index contributed by atoms with van der Waals surface area (Å²) in [5.74, 6) is 2.85. The number of aryl methyl sites for hydroxylation is 1. The molecule has 26 heavy (non-hydrogen) atoms. The molecule has 4 rings (SSSR count). The maximum absolute atomic E-state index is 6.13. The quantitative estimate of drug-likeness (QED) is 0.670. The molecule has 0 aliphatic heterocycles. The number of nitrogens with two attached hydrogens (primary N) is 1. The molecule has 1 aliphatic rings. The van der Waals surface area contributed by atoms with E-state index in [2.05, 4.69) is 40.4 Å². The maximum Gasteiger partial charge on any atom is 0.138 e. The summed E-state index contributed by atoms with van der Waals surface area (Å²) in [7, 11) is 1.63. The number of fused-ring (bicyclic) bond motifs is 1. The average Bonchev–Trinajstić information content (AvgIpc) is 3.46. The van der Waals surface area contributed by atoms with Gasteiger partial charge < -0.3 is 15.8 Å². The first-order valence-corrected chi connectivity index (χ1v) is 8.94. The number of nitrogens with one attached hydrogen (secondary N) is 1. The van der Waals surface area contributed by atoms with Crippen molar-refractivity contribution in [2.24, 2.45) is 0 Å². The second-order valence-electron chi connectivity index (χ2n) is 6.99. The molecule has 3 N–H and O–H groups in total. The highest BCUT2D eigenvalue weighted by Crippen LogP contribution is 2.41. The van der Waals surface area contributed by atoms with Gasteiger partial charge >= 0.3 is 0 Å². The number of rotatable bonds is 5. The number of methoxy groups -OCH3 is 1. The van der Waals surface area contributed by atoms with Crippen molar-refractivity contribution in [3.8, 4) is 5.75 Å². The summed E-state index contributed by atoms with van der Waals surface area (Å²) in [5.41, 5.74) is 10.3. The van der Waals surface area contributed by atoms with E-state index in [0.717, 1.165) is 28.2 Å². The Morgan fingerprint density at radius 1 is 1.23 bits per heavy atom. The fourth-order valence-corrected chi connectivity index (χ4v) is 3.29. The van der Waals surface area contributed by atoms with Gasteiger partial charge in [0.25, 0.3) is 0 Å². The third kappa shape index (κ3) is 3.29. The first-order chi connectivity index (χ1) is 12.5. The molecule has 5 nitrogen and oxygen atoms in total. The van der Waals surface area contributed by atoms with Gasteiger partial charge in [-0.25, -0.2) is 9.97 Å². The lowest BCUT2D eigenvalue weighted by atomic mass is 10.0. The average molecular weight is 347 g/mol. The lowest BCUT2D eigenvalue weighted by molar-refractivity contribution is 0.414. The van der Waals surface area contributed by atoms with Crippen molar-refractivity contribution in [1.82, 2.24) is 9.97 Å². The Morgan fingerprint density at radius 3 is 2.77 bits per heavy atom. The number of aromatic nitrogens is 2. The fourth-order valence-electron chi connectivity index (χ4n) is 3.29. The van der Waals surface area contributed by atoms with Crippen LogP contribution in [0.5, 0.6) is 5.75 Å². The molecule has 1 fully saturated rings. The van der Waals surface area contributed by atoms with E-state index in [0.29, 0.717) is 11.7 Å². The molecule has 1 heterocycles. The number of hydrogen-bond donors (Lipinski definition) is 2. The number of ether oxygens (including phenoxy) is 1. The molecule has 0 saturated heterocycles. The van der Waals surface area contributed by atoms with Crippen LogP contribution < -0.4 is 15.8 Å². The van der Waals surface area contributed by atoms with Gasteiger partial charge in [0.15, 0.2) is 0 Å². The van der Waals surface area contributed by atoms with E-state index < -0.39 is 0 Å². The lowest BCUT2D eigenvalue weighted by Gasteiger charge is -2.18. The van der Waals surface area contributed by atoms with Crippen molar-refractivity contribution >= 4 is 22.4 Å². The van der Waals surface area contributed by atoms with Crippen LogP contribution in [0.25, 0.3) is 10.9 Å². The van der Waals surface area contributed by atoms with Gasteiger partial charge in [-0.3, -0.25) is 0 Å². The molecule has 5 heteroatoms. The Morgan fingerprint density at radius 2 is 2.04 bits per heavy atom. The van der Waals surface area contributed by atoms with Gasteiger partial charge in [0.1, 0.15) is 17.4 Å². The summed E-state index contributed by atoms with van der Waals surface area (Å²) in [4.78, 5) is 9.11. The first kappa shape index (κ1) is 16.6. The second-order valence-corrected chi connectivity index (χ2v) is 6.99. The van der Waals surface area contributed by atoms with Gasteiger partial charge in [-0.2, -0.15) is 0 Å². The molecule has 133 valence electrons. The highest BCUT2D eigenvalue weighted by Gasteiger charge is 2.24. The van der Waals surface area contributed by atoms with E-state index in [4.69, 9.17) is 10.5 Å². The van der Waals surface area contributed by atoms with Crippen molar-refractivity contribution in [2.45, 2.75) is 38.6 Å². The Balaban J connectivity index is 1.70. The van der Waals surface area contributed by atoms with Crippen LogP contribution in [0.4, 0.5) is 11.5 Å². The smallest absolute Gasteiger partial charge is 0.138 e. The van der Waals surface area contributed by atoms with E-state index in [-0.39, 0.29) is 6.04 Å². The van der Waals surface area contributed by atoms with E-state index >= 15 is 0 Å². The molecule has 0 bridgehead atoms. The SMILES string of the molecule is COc1[c]cc2nc(C)nc(N[C@H](C)c3cc(N)cc(C4CC4)c3)c2c1. The lowest BCUT2D eigenvalue weighted by Crippen LogP contribution is -2.10. The van der Waals surface area contributed by atoms with Gasteiger partial charge in [-0.1, -0.05) is 6.07 Å². The van der Waals surface area contributed by atoms with Crippen LogP contribution in [0.3, 0.4) is 0 Å². The molecule has 0 spiro atoms. The first-order valence-electron chi connectivity index (χ1n) is 8.94. The molecule has 1 radical (unpaired) electrons. The third-order valence-corrected chi connectivity index (χ3v) is 4.84. The highest BCUT2D eigenvalue weighted by molar-refractivity contribution is 5.90. The monoisotopic (exact) mass is 347 g/mol. The molecule has 0 amide bonds. The van der Waals surface area contributed by atoms with Crippen molar-refractivity contribution in [3.05, 3.63) is 53.3 Å². The molecule has 1 atom stereocenters. The zero-order valence-electron chi connectivity index (χ0n) is 15.3. The topological polar surface area (TPSA) is 73.1 Å². The van der Waals surface area contributed by atoms with Crippen LogP contribution in [0.15, 0.2) is 30.3 Å². The van der Waals surface area contributed by atoms with Gasteiger partial charge in [-0.15, -0.1) is 0 Å². The van der Waals surface area contributed by atoms with Gasteiger partial charge in [0, 0.05) is 17.1 Å². The van der Waals surface area contributed by atoms with Crippen molar-refractivity contribution < 1.29 is 4.74 Å². The molecular weight excluding hydrogens is 324 g/mol. The predicted molar refractivity (Wildman–Crippen MR) is 105 cm³/mol. The van der Waals surface area contributed by atoms with Crippen LogP contribution in [0.1, 0.15) is 48.7 Å². The van der Waals surface area contributed by atoms with Gasteiger partial charge in [-0.05, 0) is 68.0 Å². The molecule has 2 aromatic carbocycles. The van der Waals surface area contributed by atoms with Crippen LogP contribution in [-0.4, -0.2) is 17.1 Å². The molecule has 0 unspecified atom stereocenters. The van der Waals surface area contributed by atoms with E-state index in [1.807, 2.05) is 25.1 Å². The van der Waals surface area contributed by atoms with Crippen LogP contribution in [0, 0.1) is 13.0 Å². The summed E-state index contributed by atoms with van der Waals surface area (Å²) in [5, 5.41) is 4.45. The number of benzene rings is 2. The predicted octanol–water partition coefficient (Wildman–Crippen LogP) is 4.38. The zero-order chi connectivity index (χ0) is 18.3. The molecule has 1 saturated carbocycles. The summed E-state index contributed by atoms with van der Waals surface area (Å²) in [6.07, 6.45) is 2.52. The molecule has 1 aliphatic carbocycles. The third-order valence-electron chi connectivity index (χ3n) is 4.84. The van der Waals surface area contributed by atoms with E-state index in [1.165, 1.54) is 24.0 Å². The normalized spacial score (nSPS) is 15.0. The van der Waals surface area contributed by atoms with Gasteiger partial charge in [0.2, 0.25) is 0 Å². The Hall–Kier alpha value is -2.82. The Labute approximate surface area is 153 Å². The van der Waals surface area contributed by atoms with E-state index in [1.54, 1.807) is 7.11 Å². The number of anilines is 2. The van der Waals surface area contributed by atoms with Crippen LogP contribution >= 0.6 is 0 Å². The van der Waals surface area contributed by atoms with Crippen LogP contribution in [-0.2, 0) is 0 Å². The zero-order valence-corrected chi connectivity index (χ0v) is 15.3. The summed E-state index contributed by atoms with van der Waals surface area (Å²) < 4.78 is 5.31. The molecular formula is C21H23N4O. The standard InChI is InChI=1S/C21H23N4O/c1-12(15-8-16(14-4-5-14)10-17(22)9-15)23-21-19-11-18(26-3)6-7-20(19)24-13(2)25-21/h7-12,14H,4-5,22H2,1-3H3,(H,23,24,25)/t12-/m1/s1. The van der Waals surface area contributed by atoms with Crippen molar-refractivity contribution in [2.75, 3.05) is 18.2 Å².